The molecule has 1 fully saturated rings. The Hall–Kier alpha value is -1.85. The number of nitrogens with two attached hydrogens (primary N) is 2. The minimum Gasteiger partial charge on any atom is -0.492 e. The molecule has 1 unspecified atom stereocenters. The summed E-state index contributed by atoms with van der Waals surface area (Å²) in [6, 6.07) is 13.9. The number of ether oxygens (including phenoxy) is 1. The van der Waals surface area contributed by atoms with Gasteiger partial charge in [-0.2, -0.15) is 0 Å². The number of rotatable bonds is 7. The van der Waals surface area contributed by atoms with Crippen molar-refractivity contribution >= 4 is 23.1 Å². The Morgan fingerprint density at radius 3 is 2.79 bits per heavy atom. The van der Waals surface area contributed by atoms with Gasteiger partial charge in [-0.15, -0.1) is 0 Å². The maximum Gasteiger partial charge on any atom is 0.133 e. The van der Waals surface area contributed by atoms with Crippen molar-refractivity contribution in [3.05, 3.63) is 42.5 Å². The predicted octanol–water partition coefficient (Wildman–Crippen LogP) is 3.77. The zero-order valence-electron chi connectivity index (χ0n) is 13.8. The van der Waals surface area contributed by atoms with Gasteiger partial charge in [0.05, 0.1) is 22.9 Å². The average molecular weight is 343 g/mol. The van der Waals surface area contributed by atoms with Crippen LogP contribution in [-0.4, -0.2) is 19.7 Å². The summed E-state index contributed by atoms with van der Waals surface area (Å²) in [7, 11) is 0. The summed E-state index contributed by atoms with van der Waals surface area (Å²) in [6.45, 7) is 3.08. The highest BCUT2D eigenvalue weighted by Gasteiger charge is 2.13. The number of nitrogens with one attached hydrogen (secondary N) is 1. The zero-order chi connectivity index (χ0) is 16.8. The summed E-state index contributed by atoms with van der Waals surface area (Å²) in [5.74, 6) is 1.75. The summed E-state index contributed by atoms with van der Waals surface area (Å²) >= 11 is 1.65. The molecule has 1 heterocycles. The maximum atomic E-state index is 6.03. The lowest BCUT2D eigenvalue weighted by molar-refractivity contribution is 0.289. The third-order valence-corrected chi connectivity index (χ3v) is 5.36. The number of hydrogen-bond donors (Lipinski definition) is 3. The Balaban J connectivity index is 1.56. The summed E-state index contributed by atoms with van der Waals surface area (Å²) in [5.41, 5.74) is 12.9. The largest absolute Gasteiger partial charge is 0.492 e. The molecule has 4 nitrogen and oxygen atoms in total. The number of nitrogen functional groups attached to an aromatic ring is 2. The molecule has 0 amide bonds. The first-order valence-corrected chi connectivity index (χ1v) is 9.29. The van der Waals surface area contributed by atoms with E-state index in [-0.39, 0.29) is 0 Å². The van der Waals surface area contributed by atoms with Gasteiger partial charge in [-0.3, -0.25) is 0 Å². The van der Waals surface area contributed by atoms with Crippen LogP contribution in [0.2, 0.25) is 0 Å². The van der Waals surface area contributed by atoms with Crippen LogP contribution in [0.3, 0.4) is 0 Å². The van der Waals surface area contributed by atoms with Crippen LogP contribution in [0, 0.1) is 5.92 Å². The molecule has 3 rings (SSSR count). The molecular formula is C19H25N3OS. The van der Waals surface area contributed by atoms with Gasteiger partial charge in [-0.1, -0.05) is 23.9 Å². The third kappa shape index (κ3) is 4.58. The molecule has 1 aliphatic rings. The molecule has 5 heteroatoms. The van der Waals surface area contributed by atoms with Crippen LogP contribution in [0.5, 0.6) is 5.75 Å². The molecule has 1 aliphatic heterocycles. The van der Waals surface area contributed by atoms with Crippen molar-refractivity contribution in [1.82, 2.24) is 5.32 Å². The van der Waals surface area contributed by atoms with Crippen LogP contribution in [0.25, 0.3) is 0 Å². The predicted molar refractivity (Wildman–Crippen MR) is 102 cm³/mol. The van der Waals surface area contributed by atoms with Gasteiger partial charge in [0.15, 0.2) is 0 Å². The van der Waals surface area contributed by atoms with Crippen molar-refractivity contribution in [3.8, 4) is 5.75 Å². The normalized spacial score (nSPS) is 17.1. The maximum absolute atomic E-state index is 6.03. The number of anilines is 2. The Labute approximate surface area is 148 Å². The molecule has 2 aromatic rings. The van der Waals surface area contributed by atoms with Crippen LogP contribution in [0.1, 0.15) is 19.3 Å². The van der Waals surface area contributed by atoms with Gasteiger partial charge in [0, 0.05) is 4.90 Å². The molecule has 24 heavy (non-hydrogen) atoms. The molecule has 0 aliphatic carbocycles. The number of para-hydroxylation sites is 1. The van der Waals surface area contributed by atoms with E-state index in [1.54, 1.807) is 11.8 Å². The van der Waals surface area contributed by atoms with Crippen molar-refractivity contribution in [1.29, 1.82) is 0 Å². The van der Waals surface area contributed by atoms with Crippen molar-refractivity contribution in [2.24, 2.45) is 5.92 Å². The van der Waals surface area contributed by atoms with E-state index in [4.69, 9.17) is 16.2 Å². The molecule has 0 spiro atoms. The van der Waals surface area contributed by atoms with Crippen LogP contribution >= 0.6 is 11.8 Å². The molecule has 128 valence electrons. The van der Waals surface area contributed by atoms with Gasteiger partial charge in [-0.25, -0.2) is 0 Å². The van der Waals surface area contributed by atoms with E-state index in [0.717, 1.165) is 47.6 Å². The quantitative estimate of drug-likeness (QED) is 0.527. The van der Waals surface area contributed by atoms with Crippen LogP contribution in [-0.2, 0) is 0 Å². The first kappa shape index (κ1) is 17.0. The molecule has 5 N–H and O–H groups in total. The molecule has 1 atom stereocenters. The SMILES string of the molecule is Nc1ccc(Sc2ccccc2OCCCC2CCNC2)cc1N. The highest BCUT2D eigenvalue weighted by atomic mass is 32.2. The standard InChI is InChI=1S/C19H25N3OS/c20-16-8-7-15(12-17(16)21)24-19-6-2-1-5-18(19)23-11-3-4-14-9-10-22-13-14/h1-2,5-8,12,14,22H,3-4,9-11,13,20-21H2. The monoisotopic (exact) mass is 343 g/mol. The Morgan fingerprint density at radius 2 is 2.00 bits per heavy atom. The second-order valence-electron chi connectivity index (χ2n) is 6.19. The lowest BCUT2D eigenvalue weighted by Crippen LogP contribution is -2.10. The number of benzene rings is 2. The van der Waals surface area contributed by atoms with Crippen molar-refractivity contribution in [3.63, 3.8) is 0 Å². The second-order valence-corrected chi connectivity index (χ2v) is 7.30. The molecular weight excluding hydrogens is 318 g/mol. The smallest absolute Gasteiger partial charge is 0.133 e. The van der Waals surface area contributed by atoms with Crippen molar-refractivity contribution in [2.75, 3.05) is 31.2 Å². The Kier molecular flexibility index (Phi) is 5.88. The van der Waals surface area contributed by atoms with Crippen LogP contribution in [0.4, 0.5) is 11.4 Å². The van der Waals surface area contributed by atoms with Gasteiger partial charge < -0.3 is 21.5 Å². The summed E-state index contributed by atoms with van der Waals surface area (Å²) in [5, 5.41) is 3.41. The molecule has 2 aromatic carbocycles. The Morgan fingerprint density at radius 1 is 1.12 bits per heavy atom. The minimum absolute atomic E-state index is 0.614. The van der Waals surface area contributed by atoms with Gasteiger partial charge in [0.25, 0.3) is 0 Å². The summed E-state index contributed by atoms with van der Waals surface area (Å²) in [4.78, 5) is 2.17. The lowest BCUT2D eigenvalue weighted by atomic mass is 10.0. The molecule has 0 aromatic heterocycles. The topological polar surface area (TPSA) is 73.3 Å². The van der Waals surface area contributed by atoms with Crippen molar-refractivity contribution < 1.29 is 4.74 Å². The second kappa shape index (κ2) is 8.31. The van der Waals surface area contributed by atoms with Gasteiger partial charge in [-0.05, 0) is 68.6 Å². The van der Waals surface area contributed by atoms with Crippen molar-refractivity contribution in [2.45, 2.75) is 29.1 Å². The minimum atomic E-state index is 0.614. The zero-order valence-corrected chi connectivity index (χ0v) is 14.6. The van der Waals surface area contributed by atoms with Crippen LogP contribution in [0.15, 0.2) is 52.3 Å². The van der Waals surface area contributed by atoms with E-state index in [1.165, 1.54) is 12.8 Å². The third-order valence-electron chi connectivity index (χ3n) is 4.31. The lowest BCUT2D eigenvalue weighted by Gasteiger charge is -2.13. The Bertz CT molecular complexity index is 671. The van der Waals surface area contributed by atoms with E-state index in [0.29, 0.717) is 11.4 Å². The summed E-state index contributed by atoms with van der Waals surface area (Å²) < 4.78 is 6.03. The molecule has 0 bridgehead atoms. The molecule has 0 saturated carbocycles. The highest BCUT2D eigenvalue weighted by molar-refractivity contribution is 7.99. The van der Waals surface area contributed by atoms with E-state index in [1.807, 2.05) is 36.4 Å². The summed E-state index contributed by atoms with van der Waals surface area (Å²) in [6.07, 6.45) is 3.63. The first-order valence-electron chi connectivity index (χ1n) is 8.48. The fourth-order valence-corrected chi connectivity index (χ4v) is 3.86. The van der Waals surface area contributed by atoms with E-state index in [9.17, 15) is 0 Å². The highest BCUT2D eigenvalue weighted by Crippen LogP contribution is 2.36. The molecule has 1 saturated heterocycles. The van der Waals surface area contributed by atoms with Crippen LogP contribution < -0.4 is 21.5 Å². The van der Waals surface area contributed by atoms with Gasteiger partial charge >= 0.3 is 0 Å². The fourth-order valence-electron chi connectivity index (χ4n) is 2.91. The first-order chi connectivity index (χ1) is 11.7. The van der Waals surface area contributed by atoms with E-state index < -0.39 is 0 Å². The van der Waals surface area contributed by atoms with Gasteiger partial charge in [0.2, 0.25) is 0 Å². The van der Waals surface area contributed by atoms with E-state index >= 15 is 0 Å². The molecule has 0 radical (unpaired) electrons. The average Bonchev–Trinajstić information content (AvgIpc) is 3.10. The fraction of sp³-hybridized carbons (Fsp3) is 0.368. The van der Waals surface area contributed by atoms with E-state index in [2.05, 4.69) is 11.4 Å². The van der Waals surface area contributed by atoms with Gasteiger partial charge in [0.1, 0.15) is 5.75 Å². The number of hydrogen-bond acceptors (Lipinski definition) is 5.